The highest BCUT2D eigenvalue weighted by atomic mass is 19.1. The summed E-state index contributed by atoms with van der Waals surface area (Å²) in [5.74, 6) is -1.96. The summed E-state index contributed by atoms with van der Waals surface area (Å²) in [5.41, 5.74) is 0.00897. The molecule has 0 aromatic heterocycles. The second-order valence-electron chi connectivity index (χ2n) is 5.09. The normalized spacial score (nSPS) is 15.9. The van der Waals surface area contributed by atoms with E-state index in [-0.39, 0.29) is 46.4 Å². The molecule has 134 valence electrons. The number of ether oxygens (including phenoxy) is 3. The van der Waals surface area contributed by atoms with Crippen LogP contribution in [0.4, 0.5) is 8.78 Å². The molecule has 1 aliphatic rings. The first-order valence-corrected chi connectivity index (χ1v) is 7.35. The third kappa shape index (κ3) is 3.69. The van der Waals surface area contributed by atoms with Crippen LogP contribution in [-0.2, 0) is 4.74 Å². The lowest BCUT2D eigenvalue weighted by Gasteiger charge is -2.22. The molecule has 0 aliphatic carbocycles. The van der Waals surface area contributed by atoms with Crippen molar-refractivity contribution >= 4 is 17.2 Å². The molecule has 0 saturated heterocycles. The lowest BCUT2D eigenvalue weighted by Crippen LogP contribution is -2.35. The highest BCUT2D eigenvalue weighted by Crippen LogP contribution is 2.35. The van der Waals surface area contributed by atoms with Crippen LogP contribution in [0, 0.1) is 17.0 Å². The van der Waals surface area contributed by atoms with E-state index in [0.717, 1.165) is 6.07 Å². The summed E-state index contributed by atoms with van der Waals surface area (Å²) in [7, 11) is 4.07. The molecule has 1 heterocycles. The fraction of sp³-hybridized carbons (Fsp3) is 0.294. The van der Waals surface area contributed by atoms with Gasteiger partial charge in [0.2, 0.25) is 0 Å². The molecule has 1 aromatic carbocycles. The standard InChI is InChI=1S/C17H19F2N3O3/c1-9-7-10(22-17(16(9)20)21-5-6-23-2)13-14(18)11(24-3)8-12(25-4)15(13)19/h7-8,20H,1,5-6H2,2-4H3,(H,21,22). The lowest BCUT2D eigenvalue weighted by molar-refractivity contribution is 0.208. The number of aliphatic imine (C=N–C) groups is 1. The van der Waals surface area contributed by atoms with E-state index in [1.165, 1.54) is 27.4 Å². The van der Waals surface area contributed by atoms with Gasteiger partial charge in [-0.3, -0.25) is 10.4 Å². The first-order valence-electron chi connectivity index (χ1n) is 7.35. The Bertz CT molecular complexity index is 745. The molecule has 0 radical (unpaired) electrons. The molecule has 6 nitrogen and oxygen atoms in total. The van der Waals surface area contributed by atoms with Gasteiger partial charge in [0.15, 0.2) is 29.0 Å². The summed E-state index contributed by atoms with van der Waals surface area (Å²) in [5, 5.41) is 10.8. The van der Waals surface area contributed by atoms with Crippen LogP contribution in [0.3, 0.4) is 0 Å². The minimum Gasteiger partial charge on any atom is -0.494 e. The van der Waals surface area contributed by atoms with E-state index in [4.69, 9.17) is 19.6 Å². The van der Waals surface area contributed by atoms with Crippen molar-refractivity contribution in [1.82, 2.24) is 5.32 Å². The molecular formula is C17H19F2N3O3. The molecule has 0 spiro atoms. The molecule has 0 unspecified atom stereocenters. The van der Waals surface area contributed by atoms with Crippen molar-refractivity contribution < 1.29 is 23.0 Å². The van der Waals surface area contributed by atoms with Gasteiger partial charge in [0, 0.05) is 13.2 Å². The van der Waals surface area contributed by atoms with Gasteiger partial charge in [0.05, 0.1) is 38.6 Å². The van der Waals surface area contributed by atoms with E-state index < -0.39 is 11.6 Å². The number of hydrogen-bond donors (Lipinski definition) is 2. The van der Waals surface area contributed by atoms with Gasteiger partial charge >= 0.3 is 0 Å². The number of benzene rings is 1. The number of halogens is 2. The smallest absolute Gasteiger partial charge is 0.177 e. The fourth-order valence-corrected chi connectivity index (χ4v) is 2.25. The Labute approximate surface area is 144 Å². The van der Waals surface area contributed by atoms with Crippen molar-refractivity contribution in [3.63, 3.8) is 0 Å². The molecule has 0 bridgehead atoms. The van der Waals surface area contributed by atoms with E-state index >= 15 is 0 Å². The topological polar surface area (TPSA) is 75.9 Å². The van der Waals surface area contributed by atoms with Gasteiger partial charge in [0.1, 0.15) is 5.71 Å². The van der Waals surface area contributed by atoms with Crippen LogP contribution >= 0.6 is 0 Å². The predicted octanol–water partition coefficient (Wildman–Crippen LogP) is 2.55. The van der Waals surface area contributed by atoms with Gasteiger partial charge in [-0.1, -0.05) is 6.58 Å². The third-order valence-corrected chi connectivity index (χ3v) is 3.54. The number of nitrogens with one attached hydrogen (secondary N) is 2. The minimum absolute atomic E-state index is 0.0375. The predicted molar refractivity (Wildman–Crippen MR) is 91.6 cm³/mol. The SMILES string of the molecule is C=C1C=C(c2c(F)c(OC)cc(OC)c2F)NC(=NCCOC)C1=N. The van der Waals surface area contributed by atoms with Crippen molar-refractivity contribution in [3.8, 4) is 11.5 Å². The van der Waals surface area contributed by atoms with Crippen LogP contribution in [-0.4, -0.2) is 46.0 Å². The summed E-state index contributed by atoms with van der Waals surface area (Å²) in [6.45, 7) is 4.37. The summed E-state index contributed by atoms with van der Waals surface area (Å²) < 4.78 is 44.1. The number of rotatable bonds is 6. The van der Waals surface area contributed by atoms with Crippen LogP contribution in [0.1, 0.15) is 5.56 Å². The second-order valence-corrected chi connectivity index (χ2v) is 5.09. The van der Waals surface area contributed by atoms with Gasteiger partial charge < -0.3 is 19.5 Å². The van der Waals surface area contributed by atoms with Gasteiger partial charge in [-0.15, -0.1) is 0 Å². The maximum atomic E-state index is 14.6. The van der Waals surface area contributed by atoms with Crippen molar-refractivity contribution in [2.45, 2.75) is 0 Å². The first kappa shape index (κ1) is 18.6. The minimum atomic E-state index is -0.892. The van der Waals surface area contributed by atoms with E-state index in [0.29, 0.717) is 6.61 Å². The number of amidine groups is 1. The maximum absolute atomic E-state index is 14.6. The maximum Gasteiger partial charge on any atom is 0.177 e. The first-order chi connectivity index (χ1) is 11.9. The van der Waals surface area contributed by atoms with Crippen molar-refractivity contribution in [2.75, 3.05) is 34.5 Å². The van der Waals surface area contributed by atoms with Crippen molar-refractivity contribution in [3.05, 3.63) is 41.5 Å². The Hall–Kier alpha value is -2.74. The zero-order valence-electron chi connectivity index (χ0n) is 14.2. The number of methoxy groups -OCH3 is 3. The number of hydrogen-bond acceptors (Lipinski definition) is 5. The number of allylic oxidation sites excluding steroid dienone is 1. The highest BCUT2D eigenvalue weighted by molar-refractivity contribution is 6.49. The Kier molecular flexibility index (Phi) is 5.87. The quantitative estimate of drug-likeness (QED) is 0.773. The Balaban J connectivity index is 2.54. The molecule has 0 saturated carbocycles. The van der Waals surface area contributed by atoms with Crippen LogP contribution in [0.2, 0.25) is 0 Å². The van der Waals surface area contributed by atoms with Gasteiger partial charge in [-0.2, -0.15) is 0 Å². The third-order valence-electron chi connectivity index (χ3n) is 3.54. The molecule has 8 heteroatoms. The second kappa shape index (κ2) is 7.89. The Morgan fingerprint density at radius 3 is 2.28 bits per heavy atom. The van der Waals surface area contributed by atoms with E-state index in [1.807, 2.05) is 0 Å². The Morgan fingerprint density at radius 2 is 1.76 bits per heavy atom. The molecule has 0 amide bonds. The van der Waals surface area contributed by atoms with Gasteiger partial charge in [0.25, 0.3) is 0 Å². The van der Waals surface area contributed by atoms with E-state index in [9.17, 15) is 8.78 Å². The molecule has 1 aromatic rings. The van der Waals surface area contributed by atoms with E-state index in [1.54, 1.807) is 0 Å². The highest BCUT2D eigenvalue weighted by Gasteiger charge is 2.27. The zero-order chi connectivity index (χ0) is 18.6. The molecule has 0 fully saturated rings. The monoisotopic (exact) mass is 351 g/mol. The Morgan fingerprint density at radius 1 is 1.16 bits per heavy atom. The van der Waals surface area contributed by atoms with Crippen LogP contribution in [0.25, 0.3) is 5.70 Å². The average molecular weight is 351 g/mol. The summed E-state index contributed by atoms with van der Waals surface area (Å²) >= 11 is 0. The van der Waals surface area contributed by atoms with Gasteiger partial charge in [-0.05, 0) is 11.6 Å². The summed E-state index contributed by atoms with van der Waals surface area (Å²) in [4.78, 5) is 4.17. The van der Waals surface area contributed by atoms with Crippen molar-refractivity contribution in [2.24, 2.45) is 4.99 Å². The lowest BCUT2D eigenvalue weighted by atomic mass is 10.00. The zero-order valence-corrected chi connectivity index (χ0v) is 14.2. The molecule has 2 N–H and O–H groups in total. The summed E-state index contributed by atoms with van der Waals surface area (Å²) in [6, 6.07) is 1.13. The van der Waals surface area contributed by atoms with Crippen LogP contribution < -0.4 is 14.8 Å². The molecule has 2 rings (SSSR count). The fourth-order valence-electron chi connectivity index (χ4n) is 2.25. The van der Waals surface area contributed by atoms with Gasteiger partial charge in [-0.25, -0.2) is 8.78 Å². The molecule has 25 heavy (non-hydrogen) atoms. The average Bonchev–Trinajstić information content (AvgIpc) is 2.59. The van der Waals surface area contributed by atoms with Crippen LogP contribution in [0.5, 0.6) is 11.5 Å². The van der Waals surface area contributed by atoms with E-state index in [2.05, 4.69) is 16.9 Å². The summed E-state index contributed by atoms with van der Waals surface area (Å²) in [6.07, 6.45) is 1.37. The molecule has 1 aliphatic heterocycles. The largest absolute Gasteiger partial charge is 0.494 e. The van der Waals surface area contributed by atoms with Crippen molar-refractivity contribution in [1.29, 1.82) is 5.41 Å². The number of nitrogens with zero attached hydrogens (tertiary/aromatic N) is 1. The molecule has 0 atom stereocenters. The molecular weight excluding hydrogens is 332 g/mol. The van der Waals surface area contributed by atoms with Crippen LogP contribution in [0.15, 0.2) is 29.3 Å².